The van der Waals surface area contributed by atoms with Crippen LogP contribution in [0.15, 0.2) is 0 Å². The Morgan fingerprint density at radius 1 is 0.362 bits per heavy atom. The van der Waals surface area contributed by atoms with E-state index in [1.165, 1.54) is 13.8 Å². The first-order chi connectivity index (χ1) is 33.2. The average Bonchev–Trinajstić information content (AvgIpc) is 3.29. The first-order valence-electron chi connectivity index (χ1n) is 22.5. The molecular weight excluding hydrogens is 926 g/mol. The van der Waals surface area contributed by atoms with Crippen LogP contribution in [0.1, 0.15) is 34.1 Å². The number of nitrogens with one attached hydrogen (secondary N) is 3. The Balaban J connectivity index is 4.06. The third kappa shape index (κ3) is 44.9. The van der Waals surface area contributed by atoms with Gasteiger partial charge in [-0.1, -0.05) is 6.92 Å². The summed E-state index contributed by atoms with van der Waals surface area (Å²) in [6, 6.07) is 0. The maximum atomic E-state index is 12.5. The van der Waals surface area contributed by atoms with Gasteiger partial charge in [0.2, 0.25) is 11.8 Å². The van der Waals surface area contributed by atoms with Crippen molar-refractivity contribution in [2.24, 2.45) is 0 Å². The molecule has 0 aliphatic rings. The zero-order chi connectivity index (χ0) is 51.2. The van der Waals surface area contributed by atoms with Crippen LogP contribution in [0.3, 0.4) is 0 Å². The zero-order valence-corrected chi connectivity index (χ0v) is 40.4. The fraction of sp³-hybridized carbons (Fsp3) is 0.786. The number of carbonyl (C=O) groups is 9. The SMILES string of the molecule is CCCOC(=O)NCCOCCOCCOC(=O)COCC(=O)OCCN(CCOC(C)=O)CC(=O)NCCOCCOCCOC(=O)COCC(=O)OCCN(CCOC(C)=O)CC(=O)NCC. The van der Waals surface area contributed by atoms with Crippen LogP contribution in [0.25, 0.3) is 0 Å². The Hall–Kier alpha value is -5.29. The van der Waals surface area contributed by atoms with Crippen LogP contribution in [-0.2, 0) is 99.9 Å². The van der Waals surface area contributed by atoms with Gasteiger partial charge >= 0.3 is 41.9 Å². The minimum atomic E-state index is -0.752. The maximum Gasteiger partial charge on any atom is 0.407 e. The van der Waals surface area contributed by atoms with E-state index < -0.39 is 68.3 Å². The largest absolute Gasteiger partial charge is 0.465 e. The van der Waals surface area contributed by atoms with E-state index in [-0.39, 0.29) is 150 Å². The van der Waals surface area contributed by atoms with E-state index in [1.807, 2.05) is 6.92 Å². The lowest BCUT2D eigenvalue weighted by molar-refractivity contribution is -0.158. The van der Waals surface area contributed by atoms with Crippen molar-refractivity contribution >= 4 is 53.7 Å². The van der Waals surface area contributed by atoms with Crippen LogP contribution < -0.4 is 16.0 Å². The lowest BCUT2D eigenvalue weighted by Crippen LogP contribution is -2.41. The van der Waals surface area contributed by atoms with Gasteiger partial charge in [0.05, 0.1) is 72.6 Å². The number of ether oxygens (including phenoxy) is 13. The molecule has 0 heterocycles. The summed E-state index contributed by atoms with van der Waals surface area (Å²) in [4.78, 5) is 109. The molecule has 27 nitrogen and oxygen atoms in total. The molecule has 0 aromatic heterocycles. The highest BCUT2D eigenvalue weighted by Gasteiger charge is 2.15. The number of likely N-dealkylation sites (N-methyl/N-ethyl adjacent to an activating group) is 1. The van der Waals surface area contributed by atoms with Crippen LogP contribution in [0.5, 0.6) is 0 Å². The topological polar surface area (TPSA) is 316 Å². The highest BCUT2D eigenvalue weighted by molar-refractivity contribution is 5.78. The van der Waals surface area contributed by atoms with Crippen molar-refractivity contribution in [2.45, 2.75) is 34.1 Å². The predicted molar refractivity (Wildman–Crippen MR) is 236 cm³/mol. The van der Waals surface area contributed by atoms with Crippen LogP contribution >= 0.6 is 0 Å². The van der Waals surface area contributed by atoms with Gasteiger partial charge < -0.3 is 77.5 Å². The summed E-state index contributed by atoms with van der Waals surface area (Å²) in [5.74, 6) is -4.47. The van der Waals surface area contributed by atoms with Gasteiger partial charge in [0.25, 0.3) is 0 Å². The number of hydrogen-bond donors (Lipinski definition) is 3. The van der Waals surface area contributed by atoms with Gasteiger partial charge in [-0.2, -0.15) is 0 Å². The molecule has 69 heavy (non-hydrogen) atoms. The second-order valence-corrected chi connectivity index (χ2v) is 13.9. The number of carbonyl (C=O) groups excluding carboxylic acids is 9. The minimum absolute atomic E-state index is 0.00340. The highest BCUT2D eigenvalue weighted by Crippen LogP contribution is 1.95. The molecule has 0 atom stereocenters. The molecular formula is C42H73N5O22. The first-order valence-corrected chi connectivity index (χ1v) is 22.5. The Labute approximate surface area is 402 Å². The second kappa shape index (κ2) is 45.2. The van der Waals surface area contributed by atoms with E-state index in [9.17, 15) is 43.2 Å². The van der Waals surface area contributed by atoms with Crippen molar-refractivity contribution in [3.8, 4) is 0 Å². The number of rotatable bonds is 45. The quantitative estimate of drug-likeness (QED) is 0.0319. The smallest absolute Gasteiger partial charge is 0.407 e. The number of alkyl carbamates (subject to hydrolysis) is 1. The summed E-state index contributed by atoms with van der Waals surface area (Å²) in [6.45, 7) is 7.36. The number of nitrogens with zero attached hydrogens (tertiary/aromatic N) is 2. The van der Waals surface area contributed by atoms with Gasteiger partial charge in [0, 0.05) is 59.7 Å². The minimum Gasteiger partial charge on any atom is -0.465 e. The Morgan fingerprint density at radius 3 is 1.10 bits per heavy atom. The van der Waals surface area contributed by atoms with Gasteiger partial charge in [-0.25, -0.2) is 24.0 Å². The van der Waals surface area contributed by atoms with E-state index in [4.69, 9.17) is 61.6 Å². The van der Waals surface area contributed by atoms with Crippen molar-refractivity contribution in [2.75, 3.05) is 184 Å². The molecule has 0 saturated carbocycles. The lowest BCUT2D eigenvalue weighted by atomic mass is 10.4. The molecule has 398 valence electrons. The molecule has 0 radical (unpaired) electrons. The van der Waals surface area contributed by atoms with Gasteiger partial charge in [-0.3, -0.25) is 29.0 Å². The van der Waals surface area contributed by atoms with E-state index >= 15 is 0 Å². The van der Waals surface area contributed by atoms with Crippen molar-refractivity contribution < 1.29 is 105 Å². The second-order valence-electron chi connectivity index (χ2n) is 13.9. The molecule has 0 rings (SSSR count). The average molecular weight is 1000 g/mol. The number of hydrogen-bond acceptors (Lipinski definition) is 24. The molecule has 3 amide bonds. The maximum absolute atomic E-state index is 12.5. The molecule has 3 N–H and O–H groups in total. The molecule has 0 spiro atoms. The Bertz CT molecular complexity index is 1460. The Kier molecular flexibility index (Phi) is 41.7. The summed E-state index contributed by atoms with van der Waals surface area (Å²) >= 11 is 0. The first kappa shape index (κ1) is 63.7. The van der Waals surface area contributed by atoms with Crippen molar-refractivity contribution in [1.29, 1.82) is 0 Å². The fourth-order valence-corrected chi connectivity index (χ4v) is 4.88. The zero-order valence-electron chi connectivity index (χ0n) is 40.4. The molecule has 0 aromatic rings. The van der Waals surface area contributed by atoms with Crippen LogP contribution in [0.2, 0.25) is 0 Å². The molecule has 0 aromatic carbocycles. The monoisotopic (exact) mass is 999 g/mol. The third-order valence-electron chi connectivity index (χ3n) is 8.00. The van der Waals surface area contributed by atoms with Gasteiger partial charge in [0.1, 0.15) is 66.1 Å². The van der Waals surface area contributed by atoms with E-state index in [2.05, 4.69) is 16.0 Å². The predicted octanol–water partition coefficient (Wildman–Crippen LogP) is -2.62. The molecule has 0 aliphatic carbocycles. The van der Waals surface area contributed by atoms with E-state index in [1.54, 1.807) is 16.7 Å². The van der Waals surface area contributed by atoms with Crippen molar-refractivity contribution in [3.63, 3.8) is 0 Å². The summed E-state index contributed by atoms with van der Waals surface area (Å²) in [5.41, 5.74) is 0. The van der Waals surface area contributed by atoms with Crippen LogP contribution in [0, 0.1) is 0 Å². The van der Waals surface area contributed by atoms with Gasteiger partial charge in [-0.15, -0.1) is 0 Å². The fourth-order valence-electron chi connectivity index (χ4n) is 4.88. The van der Waals surface area contributed by atoms with E-state index in [0.717, 1.165) is 6.42 Å². The summed E-state index contributed by atoms with van der Waals surface area (Å²) in [6.07, 6.45) is 0.228. The molecule has 0 unspecified atom stereocenters. The standard InChI is InChI=1S/C42H73N5O22/c1-5-13-69-42(56)45-8-15-58-21-23-60-25-27-68-41(55)33-62-31-39(53)66-19-12-47(10-17-64-35(4)49)29-37(51)44-7-14-57-20-22-59-24-26-67-40(54)32-61-30-38(52)65-18-11-46(9-16-63-34(3)48)28-36(50)43-6-2/h5-33H2,1-4H3,(H,43,50)(H,44,51)(H,45,56). The highest BCUT2D eigenvalue weighted by atomic mass is 16.6. The van der Waals surface area contributed by atoms with Crippen molar-refractivity contribution in [3.05, 3.63) is 0 Å². The van der Waals surface area contributed by atoms with E-state index in [0.29, 0.717) is 19.7 Å². The molecule has 0 saturated heterocycles. The van der Waals surface area contributed by atoms with Crippen LogP contribution in [0.4, 0.5) is 4.79 Å². The number of esters is 6. The normalized spacial score (nSPS) is 10.8. The number of amides is 3. The summed E-state index contributed by atoms with van der Waals surface area (Å²) in [7, 11) is 0. The Morgan fingerprint density at radius 2 is 0.710 bits per heavy atom. The lowest BCUT2D eigenvalue weighted by Gasteiger charge is -2.21. The molecule has 27 heteroatoms. The molecule has 0 aliphatic heterocycles. The van der Waals surface area contributed by atoms with Gasteiger partial charge in [0.15, 0.2) is 0 Å². The van der Waals surface area contributed by atoms with Gasteiger partial charge in [-0.05, 0) is 13.3 Å². The molecule has 0 bridgehead atoms. The summed E-state index contributed by atoms with van der Waals surface area (Å²) in [5, 5.41) is 7.89. The van der Waals surface area contributed by atoms with Crippen LogP contribution in [-0.4, -0.2) is 248 Å². The molecule has 0 fully saturated rings. The summed E-state index contributed by atoms with van der Waals surface area (Å²) < 4.78 is 66.4. The third-order valence-corrected chi connectivity index (χ3v) is 8.00. The van der Waals surface area contributed by atoms with Crippen molar-refractivity contribution in [1.82, 2.24) is 25.8 Å².